The largest absolute Gasteiger partial charge is 0.325 e. The fourth-order valence-corrected chi connectivity index (χ4v) is 4.12. The highest BCUT2D eigenvalue weighted by atomic mass is 32.1. The summed E-state index contributed by atoms with van der Waals surface area (Å²) in [5.41, 5.74) is 8.54. The molecular weight excluding hydrogens is 242 g/mol. The number of nitrogens with two attached hydrogens (primary N) is 1. The van der Waals surface area contributed by atoms with Crippen molar-refractivity contribution in [2.24, 2.45) is 17.1 Å². The molecule has 0 bridgehead atoms. The van der Waals surface area contributed by atoms with Crippen molar-refractivity contribution in [1.82, 2.24) is 9.38 Å². The number of hydrogen-bond acceptors (Lipinski definition) is 3. The summed E-state index contributed by atoms with van der Waals surface area (Å²) < 4.78 is 2.26. The summed E-state index contributed by atoms with van der Waals surface area (Å²) in [4.78, 5) is 7.23. The first-order chi connectivity index (χ1) is 8.49. The number of nitrogens with zero attached hydrogens (tertiary/aromatic N) is 2. The molecular formula is C14H21N3S. The number of fused-ring (bicyclic) bond motifs is 3. The Balaban J connectivity index is 1.98. The molecule has 0 spiro atoms. The molecule has 18 heavy (non-hydrogen) atoms. The Bertz CT molecular complexity index is 574. The number of aromatic nitrogens is 2. The van der Waals surface area contributed by atoms with Gasteiger partial charge < -0.3 is 5.73 Å². The molecule has 1 atom stereocenters. The molecule has 3 nitrogen and oxygen atoms in total. The average Bonchev–Trinajstić information content (AvgIpc) is 2.83. The van der Waals surface area contributed by atoms with Gasteiger partial charge in [-0.05, 0) is 30.6 Å². The molecule has 3 rings (SSSR count). The summed E-state index contributed by atoms with van der Waals surface area (Å²) in [6.45, 7) is 7.60. The van der Waals surface area contributed by atoms with Crippen LogP contribution in [0.5, 0.6) is 0 Å². The lowest BCUT2D eigenvalue weighted by Gasteiger charge is -2.33. The number of thiazole rings is 1. The number of aryl methyl sites for hydroxylation is 1. The normalized spacial score (nSPS) is 20.3. The third-order valence-corrected chi connectivity index (χ3v) is 5.27. The van der Waals surface area contributed by atoms with Gasteiger partial charge in [-0.15, -0.1) is 11.3 Å². The SMILES string of the molecule is CC(C)(C)C1CCc2c(sc3nc(CN)cn23)C1. The zero-order chi connectivity index (χ0) is 12.9. The third-order valence-electron chi connectivity index (χ3n) is 4.15. The lowest BCUT2D eigenvalue weighted by atomic mass is 9.73. The van der Waals surface area contributed by atoms with Crippen molar-refractivity contribution in [1.29, 1.82) is 0 Å². The maximum Gasteiger partial charge on any atom is 0.194 e. The lowest BCUT2D eigenvalue weighted by Crippen LogP contribution is -2.26. The van der Waals surface area contributed by atoms with Crippen LogP contribution in [0.3, 0.4) is 0 Å². The van der Waals surface area contributed by atoms with E-state index in [2.05, 4.69) is 36.4 Å². The van der Waals surface area contributed by atoms with E-state index >= 15 is 0 Å². The maximum atomic E-state index is 5.66. The van der Waals surface area contributed by atoms with Crippen LogP contribution in [-0.2, 0) is 19.4 Å². The maximum absolute atomic E-state index is 5.66. The van der Waals surface area contributed by atoms with Crippen LogP contribution in [0.15, 0.2) is 6.20 Å². The van der Waals surface area contributed by atoms with Gasteiger partial charge in [0.1, 0.15) is 0 Å². The van der Waals surface area contributed by atoms with Crippen LogP contribution in [0.2, 0.25) is 0 Å². The highest BCUT2D eigenvalue weighted by molar-refractivity contribution is 7.17. The van der Waals surface area contributed by atoms with Gasteiger partial charge in [-0.2, -0.15) is 0 Å². The molecule has 1 aliphatic carbocycles. The molecule has 1 aliphatic rings. The van der Waals surface area contributed by atoms with Crippen LogP contribution in [0, 0.1) is 11.3 Å². The minimum atomic E-state index is 0.409. The molecule has 2 aromatic heterocycles. The fraction of sp³-hybridized carbons (Fsp3) is 0.643. The predicted molar refractivity (Wildman–Crippen MR) is 75.9 cm³/mol. The van der Waals surface area contributed by atoms with E-state index in [0.717, 1.165) is 16.6 Å². The van der Waals surface area contributed by atoms with Crippen LogP contribution in [-0.4, -0.2) is 9.38 Å². The molecule has 0 aliphatic heterocycles. The standard InChI is InChI=1S/C14H21N3S/c1-14(2,3)9-4-5-11-12(6-9)18-13-16-10(7-15)8-17(11)13/h8-9H,4-7,15H2,1-3H3. The van der Waals surface area contributed by atoms with Crippen LogP contribution < -0.4 is 5.73 Å². The van der Waals surface area contributed by atoms with Crippen LogP contribution in [0.25, 0.3) is 4.96 Å². The Kier molecular flexibility index (Phi) is 2.75. The van der Waals surface area contributed by atoms with Gasteiger partial charge in [0.25, 0.3) is 0 Å². The molecule has 0 saturated heterocycles. The molecule has 4 heteroatoms. The smallest absolute Gasteiger partial charge is 0.194 e. The molecule has 0 aromatic carbocycles. The first-order valence-corrected chi connectivity index (χ1v) is 7.49. The highest BCUT2D eigenvalue weighted by Gasteiger charge is 2.31. The summed E-state index contributed by atoms with van der Waals surface area (Å²) in [7, 11) is 0. The molecule has 0 fully saturated rings. The van der Waals surface area contributed by atoms with E-state index in [-0.39, 0.29) is 0 Å². The van der Waals surface area contributed by atoms with E-state index in [1.165, 1.54) is 29.8 Å². The third kappa shape index (κ3) is 1.88. The summed E-state index contributed by atoms with van der Waals surface area (Å²) in [6.07, 6.45) is 5.79. The van der Waals surface area contributed by atoms with Gasteiger partial charge in [0.15, 0.2) is 4.96 Å². The monoisotopic (exact) mass is 263 g/mol. The number of rotatable bonds is 1. The second kappa shape index (κ2) is 4.07. The van der Waals surface area contributed by atoms with E-state index in [1.807, 2.05) is 11.3 Å². The molecule has 1 unspecified atom stereocenters. The molecule has 98 valence electrons. The van der Waals surface area contributed by atoms with Gasteiger partial charge in [0.2, 0.25) is 0 Å². The van der Waals surface area contributed by atoms with Crippen molar-refractivity contribution < 1.29 is 0 Å². The van der Waals surface area contributed by atoms with Gasteiger partial charge in [-0.3, -0.25) is 4.40 Å². The highest BCUT2D eigenvalue weighted by Crippen LogP contribution is 2.40. The molecule has 0 radical (unpaired) electrons. The predicted octanol–water partition coefficient (Wildman–Crippen LogP) is 3.01. The second-order valence-electron chi connectivity index (χ2n) is 6.37. The molecule has 2 aromatic rings. The fourth-order valence-electron chi connectivity index (χ4n) is 2.87. The Hall–Kier alpha value is -0.870. The van der Waals surface area contributed by atoms with E-state index < -0.39 is 0 Å². The Morgan fingerprint density at radius 3 is 2.94 bits per heavy atom. The summed E-state index contributed by atoms with van der Waals surface area (Å²) >= 11 is 1.85. The van der Waals surface area contributed by atoms with E-state index in [0.29, 0.717) is 12.0 Å². The summed E-state index contributed by atoms with van der Waals surface area (Å²) in [5, 5.41) is 0. The quantitative estimate of drug-likeness (QED) is 0.859. The van der Waals surface area contributed by atoms with Gasteiger partial charge in [-0.25, -0.2) is 4.98 Å². The van der Waals surface area contributed by atoms with Gasteiger partial charge >= 0.3 is 0 Å². The minimum Gasteiger partial charge on any atom is -0.325 e. The average molecular weight is 263 g/mol. The van der Waals surface area contributed by atoms with E-state index in [9.17, 15) is 0 Å². The van der Waals surface area contributed by atoms with Crippen LogP contribution in [0.4, 0.5) is 0 Å². The molecule has 0 saturated carbocycles. The van der Waals surface area contributed by atoms with Crippen molar-refractivity contribution in [3.8, 4) is 0 Å². The van der Waals surface area contributed by atoms with E-state index in [4.69, 9.17) is 5.73 Å². The van der Waals surface area contributed by atoms with Crippen LogP contribution in [0.1, 0.15) is 43.5 Å². The minimum absolute atomic E-state index is 0.409. The van der Waals surface area contributed by atoms with Crippen molar-refractivity contribution in [2.75, 3.05) is 0 Å². The van der Waals surface area contributed by atoms with Gasteiger partial charge in [-0.1, -0.05) is 20.8 Å². The molecule has 2 heterocycles. The Morgan fingerprint density at radius 1 is 1.50 bits per heavy atom. The first kappa shape index (κ1) is 12.2. The lowest BCUT2D eigenvalue weighted by molar-refractivity contribution is 0.216. The van der Waals surface area contributed by atoms with Crippen molar-refractivity contribution in [3.63, 3.8) is 0 Å². The zero-order valence-electron chi connectivity index (χ0n) is 11.4. The van der Waals surface area contributed by atoms with Gasteiger partial charge in [0, 0.05) is 23.3 Å². The molecule has 0 amide bonds. The topological polar surface area (TPSA) is 43.3 Å². The number of imidazole rings is 1. The Labute approximate surface area is 112 Å². The Morgan fingerprint density at radius 2 is 2.28 bits per heavy atom. The van der Waals surface area contributed by atoms with Crippen molar-refractivity contribution in [3.05, 3.63) is 22.5 Å². The summed E-state index contributed by atoms with van der Waals surface area (Å²) in [5.74, 6) is 0.794. The second-order valence-corrected chi connectivity index (χ2v) is 7.43. The van der Waals surface area contributed by atoms with Crippen molar-refractivity contribution in [2.45, 2.75) is 46.6 Å². The summed E-state index contributed by atoms with van der Waals surface area (Å²) in [6, 6.07) is 0. The zero-order valence-corrected chi connectivity index (χ0v) is 12.2. The van der Waals surface area contributed by atoms with E-state index in [1.54, 1.807) is 0 Å². The van der Waals surface area contributed by atoms with Gasteiger partial charge in [0.05, 0.1) is 5.69 Å². The number of hydrogen-bond donors (Lipinski definition) is 1. The van der Waals surface area contributed by atoms with Crippen molar-refractivity contribution >= 4 is 16.3 Å². The first-order valence-electron chi connectivity index (χ1n) is 6.67. The van der Waals surface area contributed by atoms with Crippen LogP contribution >= 0.6 is 11.3 Å². The molecule has 2 N–H and O–H groups in total.